The van der Waals surface area contributed by atoms with Crippen LogP contribution in [0.4, 0.5) is 0 Å². The SMILES string of the molecule is O=C(NCc1cccnc1)c1cc(=O)[nH]c2ccccc12. The van der Waals surface area contributed by atoms with Gasteiger partial charge in [-0.2, -0.15) is 0 Å². The van der Waals surface area contributed by atoms with E-state index in [0.717, 1.165) is 10.9 Å². The topological polar surface area (TPSA) is 74.8 Å². The maximum atomic E-state index is 12.3. The van der Waals surface area contributed by atoms with Gasteiger partial charge in [0.2, 0.25) is 5.56 Å². The molecule has 21 heavy (non-hydrogen) atoms. The van der Waals surface area contributed by atoms with Gasteiger partial charge in [0.1, 0.15) is 0 Å². The van der Waals surface area contributed by atoms with Crippen molar-refractivity contribution >= 4 is 16.8 Å². The lowest BCUT2D eigenvalue weighted by Crippen LogP contribution is -2.24. The number of aromatic amines is 1. The summed E-state index contributed by atoms with van der Waals surface area (Å²) in [5.74, 6) is -0.277. The molecule has 5 nitrogen and oxygen atoms in total. The van der Waals surface area contributed by atoms with E-state index >= 15 is 0 Å². The number of para-hydroxylation sites is 1. The van der Waals surface area contributed by atoms with Gasteiger partial charge >= 0.3 is 0 Å². The molecular weight excluding hydrogens is 266 g/mol. The lowest BCUT2D eigenvalue weighted by Gasteiger charge is -2.07. The third kappa shape index (κ3) is 2.81. The van der Waals surface area contributed by atoms with Crippen molar-refractivity contribution in [1.82, 2.24) is 15.3 Å². The van der Waals surface area contributed by atoms with E-state index in [1.54, 1.807) is 18.5 Å². The van der Waals surface area contributed by atoms with Crippen LogP contribution in [0.25, 0.3) is 10.9 Å². The number of nitrogens with zero attached hydrogens (tertiary/aromatic N) is 1. The summed E-state index contributed by atoms with van der Waals surface area (Å²) in [5, 5.41) is 3.53. The van der Waals surface area contributed by atoms with Crippen molar-refractivity contribution in [2.75, 3.05) is 0 Å². The third-order valence-electron chi connectivity index (χ3n) is 3.17. The Morgan fingerprint density at radius 2 is 2.05 bits per heavy atom. The Morgan fingerprint density at radius 1 is 1.19 bits per heavy atom. The van der Waals surface area contributed by atoms with Crippen molar-refractivity contribution in [3.8, 4) is 0 Å². The second-order valence-electron chi connectivity index (χ2n) is 4.64. The first-order valence-electron chi connectivity index (χ1n) is 6.53. The number of benzene rings is 1. The fraction of sp³-hybridized carbons (Fsp3) is 0.0625. The van der Waals surface area contributed by atoms with E-state index in [9.17, 15) is 9.59 Å². The highest BCUT2D eigenvalue weighted by atomic mass is 16.2. The van der Waals surface area contributed by atoms with Gasteiger partial charge in [0.25, 0.3) is 5.91 Å². The highest BCUT2D eigenvalue weighted by molar-refractivity contribution is 6.05. The summed E-state index contributed by atoms with van der Waals surface area (Å²) in [6.07, 6.45) is 3.37. The first-order chi connectivity index (χ1) is 10.2. The van der Waals surface area contributed by atoms with E-state index in [-0.39, 0.29) is 11.5 Å². The molecule has 0 aliphatic carbocycles. The molecular formula is C16H13N3O2. The smallest absolute Gasteiger partial charge is 0.252 e. The maximum Gasteiger partial charge on any atom is 0.252 e. The summed E-state index contributed by atoms with van der Waals surface area (Å²) < 4.78 is 0. The molecule has 0 atom stereocenters. The Balaban J connectivity index is 1.89. The number of pyridine rings is 2. The normalized spacial score (nSPS) is 10.5. The van der Waals surface area contributed by atoms with E-state index in [1.165, 1.54) is 6.07 Å². The summed E-state index contributed by atoms with van der Waals surface area (Å²) in [7, 11) is 0. The molecule has 2 N–H and O–H groups in total. The first-order valence-corrected chi connectivity index (χ1v) is 6.53. The average Bonchev–Trinajstić information content (AvgIpc) is 2.52. The van der Waals surface area contributed by atoms with Crippen LogP contribution in [0.2, 0.25) is 0 Å². The zero-order chi connectivity index (χ0) is 14.7. The van der Waals surface area contributed by atoms with Crippen molar-refractivity contribution in [2.24, 2.45) is 0 Å². The Hall–Kier alpha value is -2.95. The Labute approximate surface area is 120 Å². The number of carbonyl (C=O) groups excluding carboxylic acids is 1. The lowest BCUT2D eigenvalue weighted by atomic mass is 10.1. The van der Waals surface area contributed by atoms with Crippen LogP contribution in [-0.4, -0.2) is 15.9 Å². The van der Waals surface area contributed by atoms with Crippen LogP contribution >= 0.6 is 0 Å². The zero-order valence-electron chi connectivity index (χ0n) is 11.2. The van der Waals surface area contributed by atoms with Crippen molar-refractivity contribution in [3.63, 3.8) is 0 Å². The van der Waals surface area contributed by atoms with Gasteiger partial charge < -0.3 is 10.3 Å². The molecule has 0 aliphatic heterocycles. The number of hydrogen-bond acceptors (Lipinski definition) is 3. The molecule has 0 fully saturated rings. The van der Waals surface area contributed by atoms with Crippen LogP contribution in [0.5, 0.6) is 0 Å². The number of fused-ring (bicyclic) bond motifs is 1. The van der Waals surface area contributed by atoms with Crippen LogP contribution in [0, 0.1) is 0 Å². The molecule has 0 spiro atoms. The largest absolute Gasteiger partial charge is 0.348 e. The number of aromatic nitrogens is 2. The van der Waals surface area contributed by atoms with Gasteiger partial charge in [0.15, 0.2) is 0 Å². The highest BCUT2D eigenvalue weighted by Crippen LogP contribution is 2.14. The maximum absolute atomic E-state index is 12.3. The Bertz CT molecular complexity index is 841. The minimum Gasteiger partial charge on any atom is -0.348 e. The van der Waals surface area contributed by atoms with Crippen LogP contribution in [0.15, 0.2) is 59.7 Å². The molecule has 104 valence electrons. The fourth-order valence-electron chi connectivity index (χ4n) is 2.17. The number of carbonyl (C=O) groups is 1. The zero-order valence-corrected chi connectivity index (χ0v) is 11.2. The predicted octanol–water partition coefficient (Wildman–Crippen LogP) is 1.85. The number of nitrogens with one attached hydrogen (secondary N) is 2. The van der Waals surface area contributed by atoms with E-state index in [4.69, 9.17) is 0 Å². The van der Waals surface area contributed by atoms with Gasteiger partial charge in [0, 0.05) is 35.9 Å². The van der Waals surface area contributed by atoms with Crippen LogP contribution < -0.4 is 10.9 Å². The Morgan fingerprint density at radius 3 is 2.86 bits per heavy atom. The minimum absolute atomic E-state index is 0.277. The molecule has 0 radical (unpaired) electrons. The minimum atomic E-state index is -0.291. The molecule has 0 aliphatic rings. The molecule has 5 heteroatoms. The second-order valence-corrected chi connectivity index (χ2v) is 4.64. The molecule has 0 bridgehead atoms. The number of H-pyrrole nitrogens is 1. The van der Waals surface area contributed by atoms with Crippen LogP contribution in [-0.2, 0) is 6.54 Å². The van der Waals surface area contributed by atoms with Crippen molar-refractivity contribution in [1.29, 1.82) is 0 Å². The van der Waals surface area contributed by atoms with Crippen molar-refractivity contribution in [3.05, 3.63) is 76.3 Å². The predicted molar refractivity (Wildman–Crippen MR) is 80.0 cm³/mol. The number of rotatable bonds is 3. The summed E-state index contributed by atoms with van der Waals surface area (Å²) in [5.41, 5.74) is 1.63. The quantitative estimate of drug-likeness (QED) is 0.768. The standard InChI is InChI=1S/C16H13N3O2/c20-15-8-13(12-5-1-2-6-14(12)19-15)16(21)18-10-11-4-3-7-17-9-11/h1-9H,10H2,(H,18,21)(H,19,20). The van der Waals surface area contributed by atoms with Crippen molar-refractivity contribution in [2.45, 2.75) is 6.54 Å². The number of amides is 1. The van der Waals surface area contributed by atoms with Crippen LogP contribution in [0.1, 0.15) is 15.9 Å². The molecule has 1 aromatic carbocycles. The molecule has 2 heterocycles. The van der Waals surface area contributed by atoms with Gasteiger partial charge in [-0.15, -0.1) is 0 Å². The number of hydrogen-bond donors (Lipinski definition) is 2. The Kier molecular flexibility index (Phi) is 3.47. The van der Waals surface area contributed by atoms with Gasteiger partial charge in [-0.1, -0.05) is 24.3 Å². The van der Waals surface area contributed by atoms with Crippen molar-refractivity contribution < 1.29 is 4.79 Å². The molecule has 2 aromatic heterocycles. The van der Waals surface area contributed by atoms with E-state index in [1.807, 2.05) is 30.3 Å². The van der Waals surface area contributed by atoms with E-state index < -0.39 is 0 Å². The third-order valence-corrected chi connectivity index (χ3v) is 3.17. The molecule has 1 amide bonds. The first kappa shape index (κ1) is 13.1. The van der Waals surface area contributed by atoms with Gasteiger partial charge in [0.05, 0.1) is 5.56 Å². The average molecular weight is 279 g/mol. The monoisotopic (exact) mass is 279 g/mol. The molecule has 0 saturated heterocycles. The van der Waals surface area contributed by atoms with Crippen LogP contribution in [0.3, 0.4) is 0 Å². The summed E-state index contributed by atoms with van der Waals surface area (Å²) in [4.78, 5) is 30.6. The van der Waals surface area contributed by atoms with Gasteiger partial charge in [-0.05, 0) is 17.7 Å². The summed E-state index contributed by atoms with van der Waals surface area (Å²) in [6.45, 7) is 0.369. The molecule has 0 unspecified atom stereocenters. The molecule has 0 saturated carbocycles. The van der Waals surface area contributed by atoms with E-state index in [0.29, 0.717) is 17.6 Å². The second kappa shape index (κ2) is 5.58. The van der Waals surface area contributed by atoms with Gasteiger partial charge in [-0.25, -0.2) is 0 Å². The fourth-order valence-corrected chi connectivity index (χ4v) is 2.17. The van der Waals surface area contributed by atoms with Gasteiger partial charge in [-0.3, -0.25) is 14.6 Å². The highest BCUT2D eigenvalue weighted by Gasteiger charge is 2.11. The van der Waals surface area contributed by atoms with E-state index in [2.05, 4.69) is 15.3 Å². The summed E-state index contributed by atoms with van der Waals surface area (Å²) >= 11 is 0. The molecule has 3 rings (SSSR count). The lowest BCUT2D eigenvalue weighted by molar-refractivity contribution is 0.0952. The molecule has 3 aromatic rings. The summed E-state index contributed by atoms with van der Waals surface area (Å²) in [6, 6.07) is 12.2.